The second kappa shape index (κ2) is 2.65. The highest BCUT2D eigenvalue weighted by Gasteiger charge is 2.14. The Kier molecular flexibility index (Phi) is 1.18. The number of nitrogens with zero attached hydrogens (tertiary/aromatic N) is 1. The molecule has 1 aromatic heterocycles. The normalized spacial score (nSPS) is 15.5. The van der Waals surface area contributed by atoms with Crippen LogP contribution in [-0.4, -0.2) is 4.98 Å². The lowest BCUT2D eigenvalue weighted by atomic mass is 9.91. The largest absolute Gasteiger partial charge is 0.261 e. The fraction of sp³-hybridized carbons (Fsp3) is 0.500. The zero-order valence-corrected chi connectivity index (χ0v) is 7.45. The molecule has 0 spiro atoms. The molecule has 0 aromatic carbocycles. The smallest absolute Gasteiger partial charge is 0.0840 e. The van der Waals surface area contributed by atoms with Gasteiger partial charge in [-0.25, -0.2) is 0 Å². The monoisotopic (exact) mass is 152 g/mol. The van der Waals surface area contributed by atoms with Gasteiger partial charge in [0.2, 0.25) is 0 Å². The number of rotatable bonds is 0. The number of hydrogen-bond donors (Lipinski definition) is 0. The fourth-order valence-corrected chi connectivity index (χ4v) is 0.760. The third-order valence-corrected chi connectivity index (χ3v) is 1.43. The van der Waals surface area contributed by atoms with E-state index in [9.17, 15) is 0 Å². The van der Waals surface area contributed by atoms with Gasteiger partial charge in [-0.15, -0.1) is 0 Å². The van der Waals surface area contributed by atoms with Crippen molar-refractivity contribution in [2.45, 2.75) is 33.1 Å². The van der Waals surface area contributed by atoms with Crippen molar-refractivity contribution in [1.82, 2.24) is 4.98 Å². The molecule has 1 nitrogen and oxygen atoms in total. The highest BCUT2D eigenvalue weighted by Crippen LogP contribution is 2.19. The lowest BCUT2D eigenvalue weighted by Gasteiger charge is -2.17. The van der Waals surface area contributed by atoms with E-state index in [4.69, 9.17) is 4.11 Å². The van der Waals surface area contributed by atoms with Crippen LogP contribution >= 0.6 is 0 Å². The van der Waals surface area contributed by atoms with Crippen LogP contribution in [0.25, 0.3) is 0 Å². The summed E-state index contributed by atoms with van der Waals surface area (Å²) in [5.74, 6) is 0. The molecule has 0 N–H and O–H groups in total. The van der Waals surface area contributed by atoms with Crippen LogP contribution in [0.4, 0.5) is 0 Å². The van der Waals surface area contributed by atoms with Gasteiger partial charge in [-0.1, -0.05) is 20.8 Å². The molecule has 0 bridgehead atoms. The Balaban J connectivity index is 3.49. The first-order valence-corrected chi connectivity index (χ1v) is 3.70. The van der Waals surface area contributed by atoms with Gasteiger partial charge in [0.25, 0.3) is 0 Å². The summed E-state index contributed by atoms with van der Waals surface area (Å²) in [4.78, 5) is 4.00. The van der Waals surface area contributed by atoms with Gasteiger partial charge in [0.15, 0.2) is 0 Å². The van der Waals surface area contributed by atoms with Crippen LogP contribution in [0.15, 0.2) is 18.3 Å². The number of pyridine rings is 1. The first-order chi connectivity index (χ1) is 6.25. The van der Waals surface area contributed by atoms with Gasteiger partial charge in [-0.05, 0) is 24.6 Å². The molecule has 0 saturated heterocycles. The minimum Gasteiger partial charge on any atom is -0.261 e. The summed E-state index contributed by atoms with van der Waals surface area (Å²) >= 11 is 0. The predicted molar refractivity (Wildman–Crippen MR) is 47.7 cm³/mol. The van der Waals surface area contributed by atoms with Gasteiger partial charge in [-0.3, -0.25) is 4.98 Å². The standard InChI is InChI=1S/C10H15N/c1-8-5-6-11-9(7-8)10(2,3)4/h5-7H,1-4H3/i5D,6D,7D. The van der Waals surface area contributed by atoms with Crippen molar-refractivity contribution in [3.8, 4) is 0 Å². The molecular formula is C10H15N. The second-order valence-electron chi connectivity index (χ2n) is 3.70. The Morgan fingerprint density at radius 2 is 2.09 bits per heavy atom. The summed E-state index contributed by atoms with van der Waals surface area (Å²) in [5, 5.41) is 0. The molecule has 0 aliphatic rings. The summed E-state index contributed by atoms with van der Waals surface area (Å²) in [6, 6.07) is 0.349. The van der Waals surface area contributed by atoms with E-state index in [1.165, 1.54) is 0 Å². The minimum atomic E-state index is -0.245. The van der Waals surface area contributed by atoms with Crippen LogP contribution in [-0.2, 0) is 5.41 Å². The van der Waals surface area contributed by atoms with Gasteiger partial charge in [0.1, 0.15) is 0 Å². The van der Waals surface area contributed by atoms with Crippen molar-refractivity contribution in [2.24, 2.45) is 0 Å². The van der Waals surface area contributed by atoms with Crippen LogP contribution in [0.1, 0.15) is 36.1 Å². The van der Waals surface area contributed by atoms with Crippen LogP contribution < -0.4 is 0 Å². The molecule has 11 heavy (non-hydrogen) atoms. The number of aromatic nitrogens is 1. The van der Waals surface area contributed by atoms with E-state index >= 15 is 0 Å². The Morgan fingerprint density at radius 3 is 2.64 bits per heavy atom. The third kappa shape index (κ3) is 2.04. The topological polar surface area (TPSA) is 12.9 Å². The maximum absolute atomic E-state index is 7.82. The highest BCUT2D eigenvalue weighted by molar-refractivity contribution is 5.19. The number of hydrogen-bond acceptors (Lipinski definition) is 1. The van der Waals surface area contributed by atoms with E-state index in [1.54, 1.807) is 6.92 Å². The predicted octanol–water partition coefficient (Wildman–Crippen LogP) is 2.69. The van der Waals surface area contributed by atoms with E-state index in [1.807, 2.05) is 20.8 Å². The Morgan fingerprint density at radius 1 is 1.45 bits per heavy atom. The summed E-state index contributed by atoms with van der Waals surface area (Å²) in [7, 11) is 0. The van der Waals surface area contributed by atoms with E-state index in [2.05, 4.69) is 4.98 Å². The zero-order valence-electron chi connectivity index (χ0n) is 10.4. The second-order valence-corrected chi connectivity index (χ2v) is 3.70. The van der Waals surface area contributed by atoms with Crippen LogP contribution in [0, 0.1) is 6.92 Å². The lowest BCUT2D eigenvalue weighted by molar-refractivity contribution is 0.568. The quantitative estimate of drug-likeness (QED) is 0.557. The molecule has 1 aromatic rings. The molecule has 1 rings (SSSR count). The Hall–Kier alpha value is -0.850. The average Bonchev–Trinajstić information content (AvgIpc) is 2.06. The molecule has 0 atom stereocenters. The van der Waals surface area contributed by atoms with Crippen molar-refractivity contribution in [3.05, 3.63) is 29.5 Å². The SMILES string of the molecule is [2H]c1nc(C(C)(C)C)c([2H])c(C)c1[2H]. The van der Waals surface area contributed by atoms with Gasteiger partial charge in [0, 0.05) is 17.3 Å². The molecule has 0 aliphatic heterocycles. The lowest BCUT2D eigenvalue weighted by Crippen LogP contribution is -2.13. The van der Waals surface area contributed by atoms with E-state index < -0.39 is 0 Å². The zero-order chi connectivity index (χ0) is 11.1. The average molecular weight is 152 g/mol. The molecule has 1 heteroatoms. The molecule has 0 unspecified atom stereocenters. The summed E-state index contributed by atoms with van der Waals surface area (Å²) in [6.07, 6.45) is -0.0385. The molecule has 0 radical (unpaired) electrons. The Bertz CT molecular complexity index is 367. The van der Waals surface area contributed by atoms with Crippen LogP contribution in [0.5, 0.6) is 0 Å². The summed E-state index contributed by atoms with van der Waals surface area (Å²) in [5.41, 5.74) is 0.886. The molecule has 1 heterocycles. The summed E-state index contributed by atoms with van der Waals surface area (Å²) in [6.45, 7) is 7.56. The van der Waals surface area contributed by atoms with E-state index in [0.29, 0.717) is 17.3 Å². The third-order valence-electron chi connectivity index (χ3n) is 1.43. The minimum absolute atomic E-state index is 0.0385. The van der Waals surface area contributed by atoms with E-state index in [0.717, 1.165) is 0 Å². The van der Waals surface area contributed by atoms with Gasteiger partial charge < -0.3 is 0 Å². The first kappa shape index (κ1) is 4.91. The van der Waals surface area contributed by atoms with Crippen molar-refractivity contribution >= 4 is 0 Å². The van der Waals surface area contributed by atoms with Crippen molar-refractivity contribution in [2.75, 3.05) is 0 Å². The van der Waals surface area contributed by atoms with Crippen molar-refractivity contribution in [1.29, 1.82) is 0 Å². The highest BCUT2D eigenvalue weighted by atomic mass is 14.7. The summed E-state index contributed by atoms with van der Waals surface area (Å²) < 4.78 is 22.8. The van der Waals surface area contributed by atoms with Crippen molar-refractivity contribution < 1.29 is 4.11 Å². The molecule has 0 fully saturated rings. The fourth-order valence-electron chi connectivity index (χ4n) is 0.760. The van der Waals surface area contributed by atoms with Gasteiger partial charge in [0.05, 0.1) is 4.11 Å². The van der Waals surface area contributed by atoms with E-state index in [-0.39, 0.29) is 17.6 Å². The molecule has 0 saturated carbocycles. The molecule has 60 valence electrons. The molecular weight excluding hydrogens is 134 g/mol. The van der Waals surface area contributed by atoms with Crippen LogP contribution in [0.2, 0.25) is 0 Å². The Labute approximate surface area is 72.7 Å². The molecule has 0 amide bonds. The first-order valence-electron chi connectivity index (χ1n) is 5.20. The van der Waals surface area contributed by atoms with Crippen LogP contribution in [0.3, 0.4) is 0 Å². The van der Waals surface area contributed by atoms with Gasteiger partial charge in [-0.2, -0.15) is 0 Å². The maximum Gasteiger partial charge on any atom is 0.0840 e. The van der Waals surface area contributed by atoms with Gasteiger partial charge >= 0.3 is 0 Å². The van der Waals surface area contributed by atoms with Crippen molar-refractivity contribution in [3.63, 3.8) is 0 Å². The molecule has 0 aliphatic carbocycles. The maximum atomic E-state index is 7.82.